The summed E-state index contributed by atoms with van der Waals surface area (Å²) in [5.74, 6) is 0. The number of nitrogens with zero attached hydrogens (tertiary/aromatic N) is 4. The number of piperazine rings is 1. The molecule has 0 saturated carbocycles. The van der Waals surface area contributed by atoms with E-state index >= 15 is 0 Å². The Kier molecular flexibility index (Phi) is 6.53. The molecule has 0 radical (unpaired) electrons. The van der Waals surface area contributed by atoms with Crippen LogP contribution in [0, 0.1) is 10.1 Å². The highest BCUT2D eigenvalue weighted by molar-refractivity contribution is 6.31. The molecular weight excluding hydrogens is 336 g/mol. The van der Waals surface area contributed by atoms with Crippen LogP contribution in [0.4, 0.5) is 5.69 Å². The summed E-state index contributed by atoms with van der Waals surface area (Å²) in [7, 11) is 0. The molecule has 2 N–H and O–H groups in total. The van der Waals surface area contributed by atoms with Crippen LogP contribution in [-0.4, -0.2) is 64.6 Å². The van der Waals surface area contributed by atoms with Crippen molar-refractivity contribution < 1.29 is 15.4 Å². The molecule has 0 spiro atoms. The summed E-state index contributed by atoms with van der Waals surface area (Å²) in [5, 5.41) is 24.5. The molecule has 0 unspecified atom stereocenters. The van der Waals surface area contributed by atoms with E-state index in [1.807, 2.05) is 24.4 Å². The first kappa shape index (κ1) is 18.2. The van der Waals surface area contributed by atoms with Gasteiger partial charge < -0.3 is 15.2 Å². The van der Waals surface area contributed by atoms with Crippen LogP contribution in [-0.2, 0) is 0 Å². The van der Waals surface area contributed by atoms with Crippen LogP contribution in [0.3, 0.4) is 0 Å². The Balaban J connectivity index is 0.000000471. The molecule has 8 nitrogen and oxygen atoms in total. The van der Waals surface area contributed by atoms with Crippen LogP contribution in [0.15, 0.2) is 30.5 Å². The number of pyridine rings is 1. The van der Waals surface area contributed by atoms with Crippen molar-refractivity contribution >= 4 is 28.2 Å². The standard InChI is InChI=1S/C15H18ClN3O.HNO3/c16-12-1-2-13-14(11-12)17-4-3-15(13)19-7-5-18(6-8-19)9-10-20;2-1(3)4/h1-4,11,20H,5-10H2;(H,2,3,4). The van der Waals surface area contributed by atoms with Gasteiger partial charge in [-0.05, 0) is 24.3 Å². The molecule has 130 valence electrons. The lowest BCUT2D eigenvalue weighted by Crippen LogP contribution is -2.47. The van der Waals surface area contributed by atoms with E-state index in [1.54, 1.807) is 0 Å². The van der Waals surface area contributed by atoms with E-state index in [0.29, 0.717) is 0 Å². The van der Waals surface area contributed by atoms with Crippen molar-refractivity contribution in [1.29, 1.82) is 0 Å². The van der Waals surface area contributed by atoms with Crippen molar-refractivity contribution in [1.82, 2.24) is 9.88 Å². The molecule has 1 aromatic heterocycles. The quantitative estimate of drug-likeness (QED) is 0.638. The SMILES string of the molecule is O=[N+]([O-])O.OCCN1CCN(c2ccnc3cc(Cl)ccc23)CC1. The normalized spacial score (nSPS) is 15.0. The fourth-order valence-corrected chi connectivity index (χ4v) is 2.90. The molecule has 3 rings (SSSR count). The minimum Gasteiger partial charge on any atom is -0.395 e. The van der Waals surface area contributed by atoms with Gasteiger partial charge in [-0.15, -0.1) is 10.1 Å². The van der Waals surface area contributed by atoms with Crippen molar-refractivity contribution in [2.24, 2.45) is 0 Å². The Morgan fingerprint density at radius 2 is 1.92 bits per heavy atom. The third kappa shape index (κ3) is 4.92. The van der Waals surface area contributed by atoms with Gasteiger partial charge in [-0.2, -0.15) is 0 Å². The molecule has 1 aliphatic heterocycles. The highest BCUT2D eigenvalue weighted by atomic mass is 35.5. The van der Waals surface area contributed by atoms with Crippen molar-refractivity contribution in [2.45, 2.75) is 0 Å². The van der Waals surface area contributed by atoms with Gasteiger partial charge in [-0.3, -0.25) is 9.88 Å². The first-order valence-electron chi connectivity index (χ1n) is 7.47. The fraction of sp³-hybridized carbons (Fsp3) is 0.400. The number of fused-ring (bicyclic) bond motifs is 1. The second-order valence-corrected chi connectivity index (χ2v) is 5.72. The maximum Gasteiger partial charge on any atom is 0.291 e. The highest BCUT2D eigenvalue weighted by Gasteiger charge is 2.18. The molecular formula is C15H19ClN4O4. The van der Waals surface area contributed by atoms with Crippen molar-refractivity contribution in [2.75, 3.05) is 44.2 Å². The number of aliphatic hydroxyl groups excluding tert-OH is 1. The van der Waals surface area contributed by atoms with E-state index in [9.17, 15) is 0 Å². The zero-order chi connectivity index (χ0) is 17.5. The van der Waals surface area contributed by atoms with Crippen LogP contribution in [0.25, 0.3) is 10.9 Å². The zero-order valence-electron chi connectivity index (χ0n) is 13.0. The number of halogens is 1. The van der Waals surface area contributed by atoms with Crippen LogP contribution >= 0.6 is 11.6 Å². The van der Waals surface area contributed by atoms with Gasteiger partial charge in [0.25, 0.3) is 5.09 Å². The number of benzene rings is 1. The summed E-state index contributed by atoms with van der Waals surface area (Å²) < 4.78 is 0. The fourth-order valence-electron chi connectivity index (χ4n) is 2.74. The number of aromatic nitrogens is 1. The monoisotopic (exact) mass is 354 g/mol. The van der Waals surface area contributed by atoms with E-state index in [2.05, 4.69) is 20.9 Å². The predicted molar refractivity (Wildman–Crippen MR) is 91.3 cm³/mol. The molecule has 1 saturated heterocycles. The Labute approximate surface area is 144 Å². The van der Waals surface area contributed by atoms with Crippen LogP contribution in [0.5, 0.6) is 0 Å². The summed E-state index contributed by atoms with van der Waals surface area (Å²) in [4.78, 5) is 17.4. The number of β-amino-alcohol motifs (C(OH)–C–C–N with tert-alkyl or cyclic N) is 1. The lowest BCUT2D eigenvalue weighted by molar-refractivity contribution is -0.742. The average Bonchev–Trinajstić information content (AvgIpc) is 2.54. The molecule has 24 heavy (non-hydrogen) atoms. The van der Waals surface area contributed by atoms with Gasteiger partial charge in [-0.25, -0.2) is 0 Å². The summed E-state index contributed by atoms with van der Waals surface area (Å²) in [6.45, 7) is 4.91. The van der Waals surface area contributed by atoms with Crippen molar-refractivity contribution in [3.05, 3.63) is 45.6 Å². The summed E-state index contributed by atoms with van der Waals surface area (Å²) in [5.41, 5.74) is 2.16. The largest absolute Gasteiger partial charge is 0.395 e. The van der Waals surface area contributed by atoms with Gasteiger partial charge in [0.2, 0.25) is 0 Å². The molecule has 0 amide bonds. The Bertz CT molecular complexity index is 688. The van der Waals surface area contributed by atoms with Gasteiger partial charge in [0, 0.05) is 55.0 Å². The first-order valence-corrected chi connectivity index (χ1v) is 7.84. The Morgan fingerprint density at radius 3 is 2.54 bits per heavy atom. The molecule has 0 atom stereocenters. The summed E-state index contributed by atoms with van der Waals surface area (Å²) in [6.07, 6.45) is 1.84. The van der Waals surface area contributed by atoms with Crippen LogP contribution < -0.4 is 4.90 Å². The van der Waals surface area contributed by atoms with E-state index in [4.69, 9.17) is 32.0 Å². The molecule has 1 aromatic carbocycles. The molecule has 9 heteroatoms. The van der Waals surface area contributed by atoms with Gasteiger partial charge >= 0.3 is 0 Å². The van der Waals surface area contributed by atoms with Gasteiger partial charge in [0.1, 0.15) is 0 Å². The maximum absolute atomic E-state index is 8.99. The van der Waals surface area contributed by atoms with Gasteiger partial charge in [0.05, 0.1) is 12.1 Å². The van der Waals surface area contributed by atoms with E-state index in [1.165, 1.54) is 5.69 Å². The number of hydrogen-bond acceptors (Lipinski definition) is 6. The zero-order valence-corrected chi connectivity index (χ0v) is 13.8. The maximum atomic E-state index is 8.99. The molecule has 0 aliphatic carbocycles. The topological polar surface area (TPSA) is 103 Å². The lowest BCUT2D eigenvalue weighted by atomic mass is 10.1. The minimum atomic E-state index is -1.50. The number of anilines is 1. The summed E-state index contributed by atoms with van der Waals surface area (Å²) in [6, 6.07) is 7.93. The summed E-state index contributed by atoms with van der Waals surface area (Å²) >= 11 is 6.03. The van der Waals surface area contributed by atoms with E-state index < -0.39 is 5.09 Å². The molecule has 1 aliphatic rings. The number of rotatable bonds is 3. The molecule has 2 aromatic rings. The third-order valence-corrected chi connectivity index (χ3v) is 4.05. The van der Waals surface area contributed by atoms with Crippen molar-refractivity contribution in [3.8, 4) is 0 Å². The molecule has 1 fully saturated rings. The molecule has 2 heterocycles. The Morgan fingerprint density at radius 1 is 1.25 bits per heavy atom. The van der Waals surface area contributed by atoms with Gasteiger partial charge in [-0.1, -0.05) is 11.6 Å². The van der Waals surface area contributed by atoms with Crippen molar-refractivity contribution in [3.63, 3.8) is 0 Å². The third-order valence-electron chi connectivity index (χ3n) is 3.81. The van der Waals surface area contributed by atoms with Gasteiger partial charge in [0.15, 0.2) is 0 Å². The Hall–Kier alpha value is -2.16. The van der Waals surface area contributed by atoms with Crippen LogP contribution in [0.1, 0.15) is 0 Å². The predicted octanol–water partition coefficient (Wildman–Crippen LogP) is 1.65. The average molecular weight is 355 g/mol. The number of aliphatic hydroxyl groups is 1. The first-order chi connectivity index (χ1) is 11.5. The van der Waals surface area contributed by atoms with E-state index in [-0.39, 0.29) is 6.61 Å². The second-order valence-electron chi connectivity index (χ2n) is 5.28. The van der Waals surface area contributed by atoms with Crippen LogP contribution in [0.2, 0.25) is 5.02 Å². The smallest absolute Gasteiger partial charge is 0.291 e. The highest BCUT2D eigenvalue weighted by Crippen LogP contribution is 2.28. The molecule has 0 bridgehead atoms. The second kappa shape index (κ2) is 8.62. The minimum absolute atomic E-state index is 0.233. The van der Waals surface area contributed by atoms with E-state index in [0.717, 1.165) is 48.6 Å². The number of hydrogen-bond donors (Lipinski definition) is 2. The lowest BCUT2D eigenvalue weighted by Gasteiger charge is -2.36.